The molecule has 2 N–H and O–H groups in total. The van der Waals surface area contributed by atoms with E-state index in [-0.39, 0.29) is 23.3 Å². The van der Waals surface area contributed by atoms with E-state index < -0.39 is 9.84 Å². The number of aromatic nitrogens is 2. The summed E-state index contributed by atoms with van der Waals surface area (Å²) in [5.74, 6) is 0.456. The molecule has 0 aliphatic heterocycles. The molecule has 2 aromatic rings. The molecule has 1 aromatic heterocycles. The second kappa shape index (κ2) is 6.36. The topological polar surface area (TPSA) is 99.1 Å². The van der Waals surface area contributed by atoms with Gasteiger partial charge in [-0.3, -0.25) is 0 Å². The highest BCUT2D eigenvalue weighted by atomic mass is 32.2. The van der Waals surface area contributed by atoms with Gasteiger partial charge < -0.3 is 10.3 Å². The maximum absolute atomic E-state index is 11.9. The molecular weight excluding hydrogens is 290 g/mol. The van der Waals surface area contributed by atoms with Gasteiger partial charge in [-0.2, -0.15) is 4.98 Å². The van der Waals surface area contributed by atoms with E-state index in [0.717, 1.165) is 11.1 Å². The molecule has 0 aliphatic rings. The molecule has 0 saturated carbocycles. The first-order chi connectivity index (χ1) is 9.89. The summed E-state index contributed by atoms with van der Waals surface area (Å²) in [7, 11) is -3.23. The monoisotopic (exact) mass is 309 g/mol. The van der Waals surface area contributed by atoms with Crippen molar-refractivity contribution in [2.75, 3.05) is 5.75 Å². The summed E-state index contributed by atoms with van der Waals surface area (Å²) in [6, 6.07) is 7.42. The van der Waals surface area contributed by atoms with Gasteiger partial charge in [0.25, 0.3) is 0 Å². The van der Waals surface area contributed by atoms with Crippen molar-refractivity contribution in [1.29, 1.82) is 0 Å². The van der Waals surface area contributed by atoms with Crippen LogP contribution in [0.15, 0.2) is 28.8 Å². The zero-order chi connectivity index (χ0) is 15.5. The fraction of sp³-hybridized carbons (Fsp3) is 0.429. The molecule has 7 heteroatoms. The first-order valence-electron chi connectivity index (χ1n) is 6.72. The number of hydrogen-bond donors (Lipinski definition) is 1. The molecule has 6 nitrogen and oxygen atoms in total. The van der Waals surface area contributed by atoms with Crippen molar-refractivity contribution >= 4 is 9.84 Å². The molecule has 21 heavy (non-hydrogen) atoms. The lowest BCUT2D eigenvalue weighted by Crippen LogP contribution is -2.14. The van der Waals surface area contributed by atoms with Crippen molar-refractivity contribution in [3.8, 4) is 11.4 Å². The third-order valence-electron chi connectivity index (χ3n) is 2.85. The minimum atomic E-state index is -3.23. The smallest absolute Gasteiger partial charge is 0.242 e. The highest BCUT2D eigenvalue weighted by Crippen LogP contribution is 2.17. The van der Waals surface area contributed by atoms with Gasteiger partial charge in [-0.15, -0.1) is 0 Å². The van der Waals surface area contributed by atoms with Crippen LogP contribution in [0.4, 0.5) is 0 Å². The predicted molar refractivity (Wildman–Crippen MR) is 80.0 cm³/mol. The average molecular weight is 309 g/mol. The quantitative estimate of drug-likeness (QED) is 0.873. The predicted octanol–water partition coefficient (Wildman–Crippen LogP) is 1.77. The van der Waals surface area contributed by atoms with Gasteiger partial charge in [0.2, 0.25) is 11.7 Å². The van der Waals surface area contributed by atoms with Crippen LogP contribution in [-0.4, -0.2) is 24.3 Å². The Balaban J connectivity index is 2.14. The summed E-state index contributed by atoms with van der Waals surface area (Å²) in [5.41, 5.74) is 7.30. The average Bonchev–Trinajstić information content (AvgIpc) is 2.85. The molecule has 1 heterocycles. The van der Waals surface area contributed by atoms with Gasteiger partial charge >= 0.3 is 0 Å². The van der Waals surface area contributed by atoms with Gasteiger partial charge in [-0.25, -0.2) is 8.42 Å². The van der Waals surface area contributed by atoms with Crippen LogP contribution in [0.25, 0.3) is 11.4 Å². The molecular formula is C14H19N3O3S. The molecule has 2 rings (SSSR count). The highest BCUT2D eigenvalue weighted by Gasteiger charge is 2.19. The number of nitrogens with zero attached hydrogens (tertiary/aromatic N) is 2. The van der Waals surface area contributed by atoms with Gasteiger partial charge in [0.05, 0.1) is 5.75 Å². The van der Waals surface area contributed by atoms with Gasteiger partial charge in [0.15, 0.2) is 9.84 Å². The van der Waals surface area contributed by atoms with Crippen molar-refractivity contribution < 1.29 is 12.9 Å². The number of benzene rings is 1. The van der Waals surface area contributed by atoms with Crippen LogP contribution < -0.4 is 5.73 Å². The van der Waals surface area contributed by atoms with E-state index in [1.807, 2.05) is 38.1 Å². The van der Waals surface area contributed by atoms with Crippen LogP contribution in [-0.2, 0) is 22.1 Å². The maximum atomic E-state index is 11.9. The van der Waals surface area contributed by atoms with Crippen molar-refractivity contribution in [2.24, 2.45) is 11.7 Å². The zero-order valence-corrected chi connectivity index (χ0v) is 12.9. The first kappa shape index (κ1) is 15.7. The van der Waals surface area contributed by atoms with E-state index in [0.29, 0.717) is 12.4 Å². The summed E-state index contributed by atoms with van der Waals surface area (Å²) < 4.78 is 28.8. The van der Waals surface area contributed by atoms with Gasteiger partial charge in [0.1, 0.15) is 5.75 Å². The number of nitrogens with two attached hydrogens (primary N) is 1. The lowest BCUT2D eigenvalue weighted by Gasteiger charge is -2.03. The van der Waals surface area contributed by atoms with Crippen molar-refractivity contribution in [3.63, 3.8) is 0 Å². The molecule has 1 aromatic carbocycles. The minimum absolute atomic E-state index is 0.0706. The third-order valence-corrected chi connectivity index (χ3v) is 4.71. The summed E-state index contributed by atoms with van der Waals surface area (Å²) >= 11 is 0. The van der Waals surface area contributed by atoms with E-state index in [2.05, 4.69) is 10.1 Å². The van der Waals surface area contributed by atoms with Crippen molar-refractivity contribution in [1.82, 2.24) is 10.1 Å². The van der Waals surface area contributed by atoms with Crippen molar-refractivity contribution in [2.45, 2.75) is 26.1 Å². The van der Waals surface area contributed by atoms with E-state index >= 15 is 0 Å². The van der Waals surface area contributed by atoms with E-state index in [1.165, 1.54) is 0 Å². The summed E-state index contributed by atoms with van der Waals surface area (Å²) in [5, 5.41) is 3.82. The Bertz CT molecular complexity index is 691. The van der Waals surface area contributed by atoms with Crippen LogP contribution in [0.3, 0.4) is 0 Å². The lowest BCUT2D eigenvalue weighted by atomic mass is 10.1. The highest BCUT2D eigenvalue weighted by molar-refractivity contribution is 7.90. The van der Waals surface area contributed by atoms with Gasteiger partial charge in [-0.1, -0.05) is 43.3 Å². The Morgan fingerprint density at radius 3 is 2.48 bits per heavy atom. The second-order valence-electron chi connectivity index (χ2n) is 5.36. The Hall–Kier alpha value is -1.73. The van der Waals surface area contributed by atoms with Crippen LogP contribution in [0, 0.1) is 5.92 Å². The van der Waals surface area contributed by atoms with E-state index in [9.17, 15) is 8.42 Å². The lowest BCUT2D eigenvalue weighted by molar-refractivity contribution is 0.389. The van der Waals surface area contributed by atoms with Crippen LogP contribution in [0.2, 0.25) is 0 Å². The van der Waals surface area contributed by atoms with Crippen LogP contribution >= 0.6 is 0 Å². The molecule has 0 aliphatic carbocycles. The fourth-order valence-electron chi connectivity index (χ4n) is 1.98. The minimum Gasteiger partial charge on any atom is -0.338 e. The van der Waals surface area contributed by atoms with E-state index in [4.69, 9.17) is 10.3 Å². The maximum Gasteiger partial charge on any atom is 0.242 e. The molecule has 0 bridgehead atoms. The molecule has 0 radical (unpaired) electrons. The Morgan fingerprint density at radius 2 is 1.90 bits per heavy atom. The Kier molecular flexibility index (Phi) is 4.74. The number of hydrogen-bond acceptors (Lipinski definition) is 6. The third kappa shape index (κ3) is 4.37. The first-order valence-corrected chi connectivity index (χ1v) is 8.54. The normalized spacial score (nSPS) is 12.0. The van der Waals surface area contributed by atoms with E-state index in [1.54, 1.807) is 0 Å². The molecule has 0 amide bonds. The number of rotatable bonds is 6. The second-order valence-corrected chi connectivity index (χ2v) is 7.47. The van der Waals surface area contributed by atoms with Crippen LogP contribution in [0.5, 0.6) is 0 Å². The Labute approximate surface area is 124 Å². The molecule has 0 saturated heterocycles. The molecule has 0 unspecified atom stereocenters. The van der Waals surface area contributed by atoms with Gasteiger partial charge in [-0.05, 0) is 11.5 Å². The zero-order valence-electron chi connectivity index (χ0n) is 12.1. The molecule has 114 valence electrons. The number of sulfone groups is 1. The standard InChI is InChI=1S/C14H19N3O3S/c1-10(2)8-21(18,19)9-13-16-14(17-20-13)12-5-3-11(7-15)4-6-12/h3-6,10H,7-9,15H2,1-2H3. The fourth-order valence-corrected chi connectivity index (χ4v) is 3.60. The molecule has 0 fully saturated rings. The van der Waals surface area contributed by atoms with Gasteiger partial charge in [0, 0.05) is 12.1 Å². The molecule has 0 spiro atoms. The Morgan fingerprint density at radius 1 is 1.24 bits per heavy atom. The largest absolute Gasteiger partial charge is 0.338 e. The molecule has 0 atom stereocenters. The summed E-state index contributed by atoms with van der Waals surface area (Å²) in [6.07, 6.45) is 0. The summed E-state index contributed by atoms with van der Waals surface area (Å²) in [6.45, 7) is 4.18. The van der Waals surface area contributed by atoms with Crippen molar-refractivity contribution in [3.05, 3.63) is 35.7 Å². The summed E-state index contributed by atoms with van der Waals surface area (Å²) in [4.78, 5) is 4.14. The SMILES string of the molecule is CC(C)CS(=O)(=O)Cc1nc(-c2ccc(CN)cc2)no1. The van der Waals surface area contributed by atoms with Crippen LogP contribution in [0.1, 0.15) is 25.3 Å².